The van der Waals surface area contributed by atoms with Crippen LogP contribution in [0.1, 0.15) is 11.4 Å². The first-order chi connectivity index (χ1) is 5.74. The Bertz CT molecular complexity index is 338. The van der Waals surface area contributed by atoms with E-state index in [1.807, 2.05) is 13.5 Å². The molecule has 2 radical (unpaired) electrons. The monoisotopic (exact) mass is 175 g/mol. The highest BCUT2D eigenvalue weighted by Gasteiger charge is 1.97. The number of nitrogen functional groups attached to an aromatic ring is 1. The van der Waals surface area contributed by atoms with Gasteiger partial charge >= 0.3 is 0 Å². The Kier molecular flexibility index (Phi) is 2.83. The summed E-state index contributed by atoms with van der Waals surface area (Å²) in [5.41, 5.74) is 9.91. The maximum Gasteiger partial charge on any atom is 0.158 e. The van der Waals surface area contributed by atoms with Crippen molar-refractivity contribution in [3.8, 4) is 11.5 Å². The van der Waals surface area contributed by atoms with Crippen molar-refractivity contribution >= 4 is 15.3 Å². The Morgan fingerprint density at radius 3 is 3.00 bits per heavy atom. The van der Waals surface area contributed by atoms with Crippen molar-refractivity contribution in [1.82, 2.24) is 9.97 Å². The molecule has 1 aromatic heterocycles. The van der Waals surface area contributed by atoms with E-state index in [-0.39, 0.29) is 0 Å². The Morgan fingerprint density at radius 1 is 1.58 bits per heavy atom. The number of aromatic nitrogens is 2. The Morgan fingerprint density at radius 2 is 2.33 bits per heavy atom. The third-order valence-corrected chi connectivity index (χ3v) is 1.60. The van der Waals surface area contributed by atoms with E-state index >= 15 is 0 Å². The van der Waals surface area contributed by atoms with Crippen LogP contribution < -0.4 is 5.73 Å². The van der Waals surface area contributed by atoms with E-state index < -0.39 is 0 Å². The fraction of sp³-hybridized carbons (Fsp3) is 0.250. The summed E-state index contributed by atoms with van der Waals surface area (Å²) in [6.45, 7) is 3.87. The molecule has 0 spiro atoms. The average Bonchev–Trinajstić information content (AvgIpc) is 2.07. The predicted molar refractivity (Wildman–Crippen MR) is 49.7 cm³/mol. The maximum atomic E-state index is 5.56. The van der Waals surface area contributed by atoms with Gasteiger partial charge in [0.25, 0.3) is 0 Å². The molecule has 0 fully saturated rings. The second-order valence-electron chi connectivity index (χ2n) is 2.25. The van der Waals surface area contributed by atoms with Gasteiger partial charge in [-0.25, -0.2) is 9.97 Å². The Labute approximate surface area is 74.2 Å². The highest BCUT2D eigenvalue weighted by atomic mass is 28.2. The zero-order valence-corrected chi connectivity index (χ0v) is 8.05. The number of hydrogen-bond acceptors (Lipinski definition) is 3. The van der Waals surface area contributed by atoms with E-state index in [1.54, 1.807) is 6.20 Å². The molecule has 0 saturated carbocycles. The summed E-state index contributed by atoms with van der Waals surface area (Å²) >= 11 is 0. The molecule has 0 aliphatic carbocycles. The minimum absolute atomic E-state index is 0.409. The summed E-state index contributed by atoms with van der Waals surface area (Å²) < 4.78 is 0. The lowest BCUT2D eigenvalue weighted by Crippen LogP contribution is -1.98. The molecule has 2 N–H and O–H groups in total. The van der Waals surface area contributed by atoms with Gasteiger partial charge in [-0.1, -0.05) is 12.5 Å². The van der Waals surface area contributed by atoms with Gasteiger partial charge in [-0.15, -0.1) is 5.54 Å². The second-order valence-corrected chi connectivity index (χ2v) is 3.00. The molecular weight excluding hydrogens is 166 g/mol. The quantitative estimate of drug-likeness (QED) is 0.459. The summed E-state index contributed by atoms with van der Waals surface area (Å²) in [6, 6.07) is 0. The van der Waals surface area contributed by atoms with Crippen LogP contribution in [0, 0.1) is 18.4 Å². The van der Waals surface area contributed by atoms with Gasteiger partial charge in [-0.05, 0) is 6.92 Å². The molecule has 60 valence electrons. The molecule has 4 heteroatoms. The molecule has 0 bridgehead atoms. The first kappa shape index (κ1) is 8.75. The number of rotatable bonds is 0. The molecule has 12 heavy (non-hydrogen) atoms. The van der Waals surface area contributed by atoms with E-state index in [1.165, 1.54) is 0 Å². The van der Waals surface area contributed by atoms with E-state index in [2.05, 4.69) is 21.4 Å². The molecular formula is C8H9N3Si. The Balaban J connectivity index is 3.05. The topological polar surface area (TPSA) is 51.8 Å². The molecule has 0 aliphatic rings. The molecule has 0 unspecified atom stereocenters. The van der Waals surface area contributed by atoms with Gasteiger partial charge in [-0.2, -0.15) is 0 Å². The lowest BCUT2D eigenvalue weighted by molar-refractivity contribution is 1.11. The van der Waals surface area contributed by atoms with Crippen molar-refractivity contribution in [2.75, 3.05) is 5.73 Å². The van der Waals surface area contributed by atoms with Crippen molar-refractivity contribution in [3.63, 3.8) is 0 Å². The maximum absolute atomic E-state index is 5.56. The Hall–Kier alpha value is -1.34. The number of aryl methyl sites for hydroxylation is 1. The van der Waals surface area contributed by atoms with Crippen LogP contribution in [0.5, 0.6) is 0 Å². The summed E-state index contributed by atoms with van der Waals surface area (Å²) in [7, 11) is 0.592. The predicted octanol–water partition coefficient (Wildman–Crippen LogP) is 0.429. The molecule has 0 atom stereocenters. The largest absolute Gasteiger partial charge is 0.381 e. The standard InChI is InChI=1S/C8H9N3Si/c1-6-5-10-8(9)7(11-6)3-4-12-2/h5H,1-2H3,(H2,9,10). The fourth-order valence-corrected chi connectivity index (χ4v) is 0.944. The van der Waals surface area contributed by atoms with Crippen LogP contribution in [0.25, 0.3) is 0 Å². The highest BCUT2D eigenvalue weighted by Crippen LogP contribution is 2.02. The number of anilines is 1. The fourth-order valence-electron chi connectivity index (χ4n) is 0.700. The van der Waals surface area contributed by atoms with Crippen LogP contribution in [-0.4, -0.2) is 19.5 Å². The van der Waals surface area contributed by atoms with Crippen molar-refractivity contribution in [1.29, 1.82) is 0 Å². The lowest BCUT2D eigenvalue weighted by atomic mass is 10.4. The van der Waals surface area contributed by atoms with Crippen molar-refractivity contribution in [2.45, 2.75) is 13.5 Å². The van der Waals surface area contributed by atoms with Crippen LogP contribution in [0.4, 0.5) is 5.82 Å². The van der Waals surface area contributed by atoms with Crippen molar-refractivity contribution in [2.24, 2.45) is 0 Å². The minimum atomic E-state index is 0.409. The summed E-state index contributed by atoms with van der Waals surface area (Å²) in [6.07, 6.45) is 1.63. The number of hydrogen-bond donors (Lipinski definition) is 1. The third kappa shape index (κ3) is 2.07. The van der Waals surface area contributed by atoms with Crippen molar-refractivity contribution in [3.05, 3.63) is 17.6 Å². The van der Waals surface area contributed by atoms with Crippen molar-refractivity contribution < 1.29 is 0 Å². The van der Waals surface area contributed by atoms with Gasteiger partial charge < -0.3 is 5.73 Å². The molecule has 0 saturated heterocycles. The van der Waals surface area contributed by atoms with Gasteiger partial charge in [0.15, 0.2) is 11.5 Å². The number of nitrogens with two attached hydrogens (primary N) is 1. The number of nitrogens with zero attached hydrogens (tertiary/aromatic N) is 2. The normalized spacial score (nSPS) is 8.83. The summed E-state index contributed by atoms with van der Waals surface area (Å²) in [4.78, 5) is 8.10. The third-order valence-electron chi connectivity index (χ3n) is 1.23. The lowest BCUT2D eigenvalue weighted by Gasteiger charge is -1.96. The molecule has 0 aliphatic heterocycles. The zero-order chi connectivity index (χ0) is 8.97. The van der Waals surface area contributed by atoms with Gasteiger partial charge in [0.1, 0.15) is 9.52 Å². The molecule has 0 amide bonds. The smallest absolute Gasteiger partial charge is 0.158 e. The van der Waals surface area contributed by atoms with Crippen LogP contribution in [-0.2, 0) is 0 Å². The van der Waals surface area contributed by atoms with Gasteiger partial charge in [0, 0.05) is 0 Å². The molecule has 0 aromatic carbocycles. The summed E-state index contributed by atoms with van der Waals surface area (Å²) in [5.74, 6) is 3.28. The second kappa shape index (κ2) is 3.88. The first-order valence-electron chi connectivity index (χ1n) is 3.51. The van der Waals surface area contributed by atoms with Gasteiger partial charge in [0.05, 0.1) is 11.9 Å². The molecule has 1 rings (SSSR count). The molecule has 3 nitrogen and oxygen atoms in total. The molecule has 1 aromatic rings. The van der Waals surface area contributed by atoms with E-state index in [0.29, 0.717) is 21.0 Å². The van der Waals surface area contributed by atoms with E-state index in [4.69, 9.17) is 5.73 Å². The van der Waals surface area contributed by atoms with Gasteiger partial charge in [-0.3, -0.25) is 0 Å². The van der Waals surface area contributed by atoms with Crippen LogP contribution in [0.15, 0.2) is 6.20 Å². The van der Waals surface area contributed by atoms with Crippen LogP contribution >= 0.6 is 0 Å². The van der Waals surface area contributed by atoms with Crippen LogP contribution in [0.2, 0.25) is 6.55 Å². The SMILES string of the molecule is C[Si]C#Cc1nc(C)cnc1N. The van der Waals surface area contributed by atoms with E-state index in [0.717, 1.165) is 5.69 Å². The molecule has 1 heterocycles. The summed E-state index contributed by atoms with van der Waals surface area (Å²) in [5, 5.41) is 0. The minimum Gasteiger partial charge on any atom is -0.381 e. The van der Waals surface area contributed by atoms with Gasteiger partial charge in [0.2, 0.25) is 0 Å². The first-order valence-corrected chi connectivity index (χ1v) is 5.01. The van der Waals surface area contributed by atoms with E-state index in [9.17, 15) is 0 Å². The van der Waals surface area contributed by atoms with Crippen LogP contribution in [0.3, 0.4) is 0 Å². The highest BCUT2D eigenvalue weighted by molar-refractivity contribution is 6.44. The zero-order valence-electron chi connectivity index (χ0n) is 7.05. The average molecular weight is 175 g/mol.